The molecule has 0 saturated carbocycles. The summed E-state index contributed by atoms with van der Waals surface area (Å²) < 4.78 is 14.1. The lowest BCUT2D eigenvalue weighted by Gasteiger charge is -2.59. The minimum absolute atomic E-state index is 0.0202. The van der Waals surface area contributed by atoms with Crippen LogP contribution in [0, 0.1) is 16.7 Å². The predicted molar refractivity (Wildman–Crippen MR) is 164 cm³/mol. The van der Waals surface area contributed by atoms with Crippen LogP contribution in [-0.2, 0) is 16.1 Å². The third kappa shape index (κ3) is 5.43. The Morgan fingerprint density at radius 2 is 1.84 bits per heavy atom. The topological polar surface area (TPSA) is 153 Å². The van der Waals surface area contributed by atoms with Gasteiger partial charge in [-0.3, -0.25) is 18.8 Å². The molecule has 2 aliphatic rings. The zero-order valence-electron chi connectivity index (χ0n) is 24.9. The van der Waals surface area contributed by atoms with Crippen molar-refractivity contribution in [2.24, 2.45) is 5.41 Å². The number of fused-ring (bicyclic) bond motifs is 1. The molecule has 1 spiro atoms. The van der Waals surface area contributed by atoms with E-state index in [1.165, 1.54) is 15.5 Å². The maximum atomic E-state index is 13.8. The Morgan fingerprint density at radius 3 is 2.48 bits per heavy atom. The highest BCUT2D eigenvalue weighted by Gasteiger charge is 2.52. The number of hydrogen-bond donors (Lipinski definition) is 2. The van der Waals surface area contributed by atoms with Gasteiger partial charge in [0.25, 0.3) is 5.91 Å². The first-order chi connectivity index (χ1) is 21.1. The second-order valence-corrected chi connectivity index (χ2v) is 12.1. The summed E-state index contributed by atoms with van der Waals surface area (Å²) >= 11 is 0. The Labute approximate surface area is 254 Å². The number of ether oxygens (including phenoxy) is 2. The van der Waals surface area contributed by atoms with Crippen LogP contribution in [0.1, 0.15) is 20.8 Å². The molecule has 1 amide bonds. The van der Waals surface area contributed by atoms with E-state index in [0.29, 0.717) is 28.4 Å². The molecule has 6 rings (SSSR count). The van der Waals surface area contributed by atoms with Crippen LogP contribution < -0.4 is 21.5 Å². The third-order valence-electron chi connectivity index (χ3n) is 8.19. The van der Waals surface area contributed by atoms with Crippen LogP contribution >= 0.6 is 0 Å². The zero-order valence-corrected chi connectivity index (χ0v) is 24.9. The monoisotopic (exact) mass is 594 g/mol. The van der Waals surface area contributed by atoms with E-state index in [0.717, 1.165) is 26.3 Å². The molecule has 4 heterocycles. The number of likely N-dealkylation sites (tertiary alicyclic amines) is 1. The van der Waals surface area contributed by atoms with E-state index in [9.17, 15) is 14.9 Å². The molecule has 4 aromatic rings. The number of rotatable bonds is 9. The number of nitriles is 1. The number of imidazole rings is 1. The number of benzene rings is 2. The predicted octanol–water partition coefficient (Wildman–Crippen LogP) is 3.02. The summed E-state index contributed by atoms with van der Waals surface area (Å²) in [5.41, 5.74) is 6.83. The molecule has 1 atom stereocenters. The van der Waals surface area contributed by atoms with E-state index < -0.39 is 23.2 Å². The van der Waals surface area contributed by atoms with E-state index in [2.05, 4.69) is 26.3 Å². The second kappa shape index (κ2) is 11.3. The smallest absolute Gasteiger partial charge is 0.335 e. The van der Waals surface area contributed by atoms with E-state index in [1.807, 2.05) is 44.2 Å². The number of nitrogens with one attached hydrogen (secondary N) is 1. The lowest BCUT2D eigenvalue weighted by Crippen LogP contribution is -2.70. The highest BCUT2D eigenvalue weighted by atomic mass is 16.5. The van der Waals surface area contributed by atoms with Crippen molar-refractivity contribution in [3.63, 3.8) is 0 Å². The van der Waals surface area contributed by atoms with E-state index in [1.54, 1.807) is 37.3 Å². The molecule has 0 bridgehead atoms. The van der Waals surface area contributed by atoms with Crippen molar-refractivity contribution in [2.45, 2.75) is 38.9 Å². The summed E-state index contributed by atoms with van der Waals surface area (Å²) in [4.78, 5) is 37.7. The third-order valence-corrected chi connectivity index (χ3v) is 8.19. The Hall–Kier alpha value is -4.99. The number of nitrogens with two attached hydrogens (primary N) is 1. The van der Waals surface area contributed by atoms with Gasteiger partial charge in [0.05, 0.1) is 18.9 Å². The standard InChI is InChI=1S/C32H34N8O4/c1-21(37-29(41)22(14-33)13-31(2,3)38-16-32(17-38)18-43-19-32)15-39-28-26(27(34)35-20-36-28)40(30(39)42)23-9-11-25(12-10-23)44-24-7-5-4-6-8-24/h4-13,20-21H,15-19H2,1-3H3,(H,37,41)(H2,34,35,36). The molecule has 1 unspecified atom stereocenters. The lowest BCUT2D eigenvalue weighted by molar-refractivity contribution is -0.204. The maximum Gasteiger partial charge on any atom is 0.335 e. The van der Waals surface area contributed by atoms with Gasteiger partial charge in [-0.15, -0.1) is 0 Å². The van der Waals surface area contributed by atoms with Gasteiger partial charge < -0.3 is 20.5 Å². The fourth-order valence-corrected chi connectivity index (χ4v) is 5.75. The summed E-state index contributed by atoms with van der Waals surface area (Å²) in [5, 5.41) is 12.7. The van der Waals surface area contributed by atoms with Gasteiger partial charge >= 0.3 is 5.69 Å². The second-order valence-electron chi connectivity index (χ2n) is 12.1. The summed E-state index contributed by atoms with van der Waals surface area (Å²) in [6.45, 7) is 9.10. The van der Waals surface area contributed by atoms with E-state index >= 15 is 0 Å². The van der Waals surface area contributed by atoms with Crippen molar-refractivity contribution >= 4 is 22.9 Å². The molecule has 226 valence electrons. The first kappa shape index (κ1) is 29.1. The molecule has 0 radical (unpaired) electrons. The molecule has 44 heavy (non-hydrogen) atoms. The number of para-hydroxylation sites is 1. The number of anilines is 1. The maximum absolute atomic E-state index is 13.8. The van der Waals surface area contributed by atoms with Crippen molar-refractivity contribution in [1.82, 2.24) is 29.3 Å². The molecular weight excluding hydrogens is 560 g/mol. The molecule has 2 aromatic carbocycles. The Morgan fingerprint density at radius 1 is 1.16 bits per heavy atom. The molecular formula is C32H34N8O4. The molecule has 12 nitrogen and oxygen atoms in total. The molecule has 2 aliphatic heterocycles. The fraction of sp³-hybridized carbons (Fsp3) is 0.344. The quantitative estimate of drug-likeness (QED) is 0.220. The number of amides is 1. The lowest BCUT2D eigenvalue weighted by atomic mass is 9.75. The number of nitrogens with zero attached hydrogens (tertiary/aromatic N) is 6. The van der Waals surface area contributed by atoms with Crippen molar-refractivity contribution in [3.05, 3.63) is 83.1 Å². The number of hydrogen-bond acceptors (Lipinski definition) is 9. The van der Waals surface area contributed by atoms with Crippen LogP contribution in [0.25, 0.3) is 16.9 Å². The van der Waals surface area contributed by atoms with Gasteiger partial charge in [-0.2, -0.15) is 5.26 Å². The molecule has 2 aromatic heterocycles. The van der Waals surface area contributed by atoms with Crippen LogP contribution in [0.2, 0.25) is 0 Å². The SMILES string of the molecule is CC(Cn1c(=O)n(-c2ccc(Oc3ccccc3)cc2)c2c(N)ncnc21)NC(=O)C(C#N)=CC(C)(C)N1CC2(COC2)C1. The Kier molecular flexibility index (Phi) is 7.44. The minimum Gasteiger partial charge on any atom is -0.457 e. The van der Waals surface area contributed by atoms with E-state index in [-0.39, 0.29) is 23.4 Å². The summed E-state index contributed by atoms with van der Waals surface area (Å²) in [6, 6.07) is 18.0. The molecule has 2 saturated heterocycles. The van der Waals surface area contributed by atoms with Crippen LogP contribution in [0.3, 0.4) is 0 Å². The molecule has 2 fully saturated rings. The minimum atomic E-state index is -0.517. The Bertz CT molecular complexity index is 1820. The zero-order chi connectivity index (χ0) is 31.1. The van der Waals surface area contributed by atoms with Gasteiger partial charge in [-0.1, -0.05) is 18.2 Å². The average Bonchev–Trinajstić information content (AvgIpc) is 3.23. The molecule has 12 heteroatoms. The number of nitrogen functional groups attached to an aromatic ring is 1. The van der Waals surface area contributed by atoms with Gasteiger partial charge in [0.1, 0.15) is 35.0 Å². The van der Waals surface area contributed by atoms with Gasteiger partial charge in [0, 0.05) is 36.6 Å². The largest absolute Gasteiger partial charge is 0.457 e. The van der Waals surface area contributed by atoms with Crippen molar-refractivity contribution in [2.75, 3.05) is 32.0 Å². The highest BCUT2D eigenvalue weighted by molar-refractivity contribution is 5.97. The van der Waals surface area contributed by atoms with Gasteiger partial charge in [-0.05, 0) is 63.2 Å². The van der Waals surface area contributed by atoms with Crippen LogP contribution in [0.15, 0.2) is 77.4 Å². The van der Waals surface area contributed by atoms with Crippen molar-refractivity contribution < 1.29 is 14.3 Å². The number of carbonyl (C=O) groups excluding carboxylic acids is 1. The van der Waals surface area contributed by atoms with Crippen LogP contribution in [-0.4, -0.2) is 67.8 Å². The van der Waals surface area contributed by atoms with Crippen LogP contribution in [0.4, 0.5) is 5.82 Å². The van der Waals surface area contributed by atoms with Crippen molar-refractivity contribution in [1.29, 1.82) is 5.26 Å². The van der Waals surface area contributed by atoms with Gasteiger partial charge in [0.2, 0.25) is 0 Å². The summed E-state index contributed by atoms with van der Waals surface area (Å²) in [6.07, 6.45) is 3.00. The van der Waals surface area contributed by atoms with Gasteiger partial charge in [0.15, 0.2) is 11.5 Å². The highest BCUT2D eigenvalue weighted by Crippen LogP contribution is 2.41. The fourth-order valence-electron chi connectivity index (χ4n) is 5.75. The summed E-state index contributed by atoms with van der Waals surface area (Å²) in [5.74, 6) is 0.936. The molecule has 0 aliphatic carbocycles. The van der Waals surface area contributed by atoms with Crippen LogP contribution in [0.5, 0.6) is 11.5 Å². The van der Waals surface area contributed by atoms with E-state index in [4.69, 9.17) is 15.2 Å². The first-order valence-electron chi connectivity index (χ1n) is 14.4. The number of aromatic nitrogens is 4. The normalized spacial score (nSPS) is 17.0. The first-order valence-corrected chi connectivity index (χ1v) is 14.4. The summed E-state index contributed by atoms with van der Waals surface area (Å²) in [7, 11) is 0. The average molecular weight is 595 g/mol. The van der Waals surface area contributed by atoms with Crippen molar-refractivity contribution in [3.8, 4) is 23.3 Å². The Balaban J connectivity index is 1.21. The molecule has 3 N–H and O–H groups in total. The van der Waals surface area contributed by atoms with Gasteiger partial charge in [-0.25, -0.2) is 14.8 Å². The number of carbonyl (C=O) groups is 1.